The summed E-state index contributed by atoms with van der Waals surface area (Å²) in [7, 11) is -5.98. The van der Waals surface area contributed by atoms with E-state index < -0.39 is 53.5 Å². The smallest absolute Gasteiger partial charge is 0.362 e. The first-order chi connectivity index (χ1) is 32.2. The van der Waals surface area contributed by atoms with Gasteiger partial charge in [0.1, 0.15) is 6.10 Å². The van der Waals surface area contributed by atoms with Gasteiger partial charge in [-0.1, -0.05) is 120 Å². The number of cyclic esters (lactones) is 1. The number of nitro benzene ring substituents is 1. The normalized spacial score (nSPS) is 25.1. The van der Waals surface area contributed by atoms with Crippen LogP contribution in [0.25, 0.3) is 0 Å². The minimum absolute atomic E-state index is 0.0599. The van der Waals surface area contributed by atoms with Crippen LogP contribution < -0.4 is 4.89 Å². The van der Waals surface area contributed by atoms with Crippen LogP contribution in [0.4, 0.5) is 5.69 Å². The number of esters is 1. The molecule has 0 saturated carbocycles. The van der Waals surface area contributed by atoms with Crippen molar-refractivity contribution in [3.05, 3.63) is 70.3 Å². The second kappa shape index (κ2) is 27.6. The summed E-state index contributed by atoms with van der Waals surface area (Å²) in [5.74, 6) is -1.65. The first-order valence-corrected chi connectivity index (χ1v) is 33.9. The Balaban J connectivity index is 1.99. The molecular formula is C53H91NO11Si3. The van der Waals surface area contributed by atoms with Crippen molar-refractivity contribution in [1.82, 2.24) is 0 Å². The highest BCUT2D eigenvalue weighted by molar-refractivity contribution is 6.74. The molecule has 386 valence electrons. The number of nitrogens with zero attached hydrogens (tertiary/aromatic N) is 1. The van der Waals surface area contributed by atoms with Crippen molar-refractivity contribution < 1.29 is 47.0 Å². The third-order valence-electron chi connectivity index (χ3n) is 15.9. The van der Waals surface area contributed by atoms with Gasteiger partial charge in [0.05, 0.1) is 41.2 Å². The molecule has 3 rings (SSSR count). The summed E-state index contributed by atoms with van der Waals surface area (Å²) < 4.78 is 34.3. The lowest BCUT2D eigenvalue weighted by atomic mass is 9.86. The predicted molar refractivity (Wildman–Crippen MR) is 281 cm³/mol. The molecule has 1 aromatic rings. The van der Waals surface area contributed by atoms with E-state index in [4.69, 9.17) is 32.5 Å². The lowest BCUT2D eigenvalue weighted by molar-refractivity contribution is -0.384. The number of ether oxygens (including phenoxy) is 2. The second-order valence-electron chi connectivity index (χ2n) is 20.1. The fourth-order valence-corrected chi connectivity index (χ4v) is 19.2. The van der Waals surface area contributed by atoms with Gasteiger partial charge in [-0.05, 0) is 111 Å². The third kappa shape index (κ3) is 16.6. The lowest BCUT2D eigenvalue weighted by Crippen LogP contribution is -2.46. The maximum Gasteiger partial charge on any atom is 0.362 e. The van der Waals surface area contributed by atoms with Gasteiger partial charge in [0.2, 0.25) is 0 Å². The van der Waals surface area contributed by atoms with Crippen LogP contribution in [0.3, 0.4) is 0 Å². The maximum absolute atomic E-state index is 14.0. The first kappa shape index (κ1) is 59.4. The summed E-state index contributed by atoms with van der Waals surface area (Å²) in [6, 6.07) is 14.6. The van der Waals surface area contributed by atoms with Crippen LogP contribution in [0.1, 0.15) is 136 Å². The number of nitro groups is 1. The van der Waals surface area contributed by atoms with Crippen molar-refractivity contribution in [3.8, 4) is 5.75 Å². The summed E-state index contributed by atoms with van der Waals surface area (Å²) in [5.41, 5.74) is 0.169. The number of carbonyl (C=O) groups excluding carboxylic acids is 2. The molecule has 12 nitrogen and oxygen atoms in total. The fraction of sp³-hybridized carbons (Fsp3) is 0.736. The Morgan fingerprint density at radius 2 is 1.44 bits per heavy atom. The van der Waals surface area contributed by atoms with Gasteiger partial charge in [0, 0.05) is 36.5 Å². The van der Waals surface area contributed by atoms with Gasteiger partial charge in [-0.25, -0.2) is 9.68 Å². The van der Waals surface area contributed by atoms with Crippen LogP contribution in [0.2, 0.25) is 54.4 Å². The van der Waals surface area contributed by atoms with E-state index in [9.17, 15) is 19.7 Å². The molecule has 68 heavy (non-hydrogen) atoms. The summed E-state index contributed by atoms with van der Waals surface area (Å²) in [5, 5.41) is 11.2. The molecule has 0 aliphatic carbocycles. The highest BCUT2D eigenvalue weighted by atomic mass is 28.4. The van der Waals surface area contributed by atoms with E-state index in [1.54, 1.807) is 0 Å². The van der Waals surface area contributed by atoms with Crippen LogP contribution in [0.5, 0.6) is 5.75 Å². The molecule has 0 bridgehead atoms. The van der Waals surface area contributed by atoms with Gasteiger partial charge < -0.3 is 22.8 Å². The second-order valence-corrected chi connectivity index (χ2v) is 34.2. The number of carbonyl (C=O) groups is 2. The Kier molecular flexibility index (Phi) is 24.1. The molecular weight excluding hydrogens is 911 g/mol. The Bertz CT molecular complexity index is 1790. The molecule has 10 unspecified atom stereocenters. The van der Waals surface area contributed by atoms with Crippen molar-refractivity contribution >= 4 is 42.6 Å². The molecule has 1 saturated heterocycles. The molecule has 0 aromatic heterocycles. The molecule has 1 aromatic carbocycles. The summed E-state index contributed by atoms with van der Waals surface area (Å²) in [4.78, 5) is 49.3. The molecule has 15 heteroatoms. The Labute approximate surface area is 414 Å². The topological polar surface area (TPSA) is 145 Å². The maximum atomic E-state index is 14.0. The minimum atomic E-state index is -2.12. The van der Waals surface area contributed by atoms with E-state index in [2.05, 4.69) is 95.2 Å². The van der Waals surface area contributed by atoms with E-state index in [0.29, 0.717) is 12.8 Å². The molecule has 2 aliphatic rings. The fourth-order valence-electron chi connectivity index (χ4n) is 10.2. The highest BCUT2D eigenvalue weighted by Gasteiger charge is 2.51. The Hall–Kier alpha value is -2.93. The zero-order chi connectivity index (χ0) is 50.9. The van der Waals surface area contributed by atoms with E-state index >= 15 is 0 Å². The van der Waals surface area contributed by atoms with Gasteiger partial charge >= 0.3 is 11.9 Å². The van der Waals surface area contributed by atoms with Gasteiger partial charge in [-0.15, -0.1) is 0 Å². The zero-order valence-corrected chi connectivity index (χ0v) is 47.7. The highest BCUT2D eigenvalue weighted by Crippen LogP contribution is 2.43. The van der Waals surface area contributed by atoms with Crippen molar-refractivity contribution in [1.29, 1.82) is 0 Å². The lowest BCUT2D eigenvalue weighted by Gasteiger charge is -2.39. The number of rotatable bonds is 27. The number of benzene rings is 1. The standard InChI is InChI=1S/C53H91NO11Si3/c1-16-47(64-67(20-5,21-6)22-7)42(14)51-48(59-51)38-53(15,65-68(23-8,24-9)25-10)36-26-27-40(12)50-41(13)29-35-46(52(56)62-61-44-33-30-43(31-34-44)54(57)58)39(11)28-32-45(37-49(55)60-50)63-66(17-2,18-3)19-4/h26-27,29-31,33-36,39,41-42,45-48,50-51H,16-25,28,32,37-38H2,1-15H3. The number of hydrogen-bond donors (Lipinski definition) is 0. The summed E-state index contributed by atoms with van der Waals surface area (Å²) in [6.45, 7) is 32.9. The van der Waals surface area contributed by atoms with E-state index in [-0.39, 0.29) is 66.0 Å². The van der Waals surface area contributed by atoms with Crippen molar-refractivity contribution in [2.75, 3.05) is 0 Å². The van der Waals surface area contributed by atoms with Crippen LogP contribution in [-0.2, 0) is 37.2 Å². The minimum Gasteiger partial charge on any atom is -0.457 e. The average Bonchev–Trinajstić information content (AvgIpc) is 4.11. The Morgan fingerprint density at radius 1 is 0.868 bits per heavy atom. The van der Waals surface area contributed by atoms with Gasteiger partial charge in [-0.3, -0.25) is 19.8 Å². The van der Waals surface area contributed by atoms with Crippen LogP contribution in [-0.4, -0.2) is 77.9 Å². The van der Waals surface area contributed by atoms with Crippen molar-refractivity contribution in [3.63, 3.8) is 0 Å². The largest absolute Gasteiger partial charge is 0.457 e. The van der Waals surface area contributed by atoms with Gasteiger partial charge in [0.25, 0.3) is 5.69 Å². The van der Waals surface area contributed by atoms with Crippen LogP contribution >= 0.6 is 0 Å². The van der Waals surface area contributed by atoms with E-state index in [0.717, 1.165) is 72.8 Å². The van der Waals surface area contributed by atoms with Crippen molar-refractivity contribution in [2.45, 2.75) is 226 Å². The summed E-state index contributed by atoms with van der Waals surface area (Å²) in [6.07, 6.45) is 12.4. The number of non-ortho nitro benzene ring substituents is 1. The van der Waals surface area contributed by atoms with E-state index in [1.807, 2.05) is 39.0 Å². The predicted octanol–water partition coefficient (Wildman–Crippen LogP) is 14.2. The Morgan fingerprint density at radius 3 is 1.97 bits per heavy atom. The quantitative estimate of drug-likeness (QED) is 0.0121. The zero-order valence-electron chi connectivity index (χ0n) is 44.7. The average molecular weight is 1000 g/mol. The number of epoxide rings is 1. The molecule has 1 fully saturated rings. The number of allylic oxidation sites excluding steroid dienone is 2. The van der Waals surface area contributed by atoms with Crippen LogP contribution in [0, 0.1) is 33.8 Å². The van der Waals surface area contributed by atoms with Gasteiger partial charge in [-0.2, -0.15) is 0 Å². The third-order valence-corrected chi connectivity index (χ3v) is 30.0. The summed E-state index contributed by atoms with van der Waals surface area (Å²) >= 11 is 0. The molecule has 2 aliphatic heterocycles. The molecule has 0 radical (unpaired) electrons. The SMILES string of the molecule is CCC(O[Si](CC)(CC)CC)C(C)C1OC1CC(C)(C=CC=C(C)C1OC(=O)CC(O[Si](CC)(CC)CC)CCC(C)C(C(=O)OOc2ccc([N+](=O)[O-])cc2)C=CC1C)O[Si](CC)(CC)CC. The monoisotopic (exact) mass is 1000 g/mol. The number of hydrogen-bond acceptors (Lipinski definition) is 11. The van der Waals surface area contributed by atoms with Crippen molar-refractivity contribution in [2.24, 2.45) is 23.7 Å². The molecule has 0 amide bonds. The van der Waals surface area contributed by atoms with Gasteiger partial charge in [0.15, 0.2) is 30.7 Å². The molecule has 10 atom stereocenters. The molecule has 0 N–H and O–H groups in total. The molecule has 2 heterocycles. The first-order valence-electron chi connectivity index (χ1n) is 26.3. The molecule has 0 spiro atoms. The van der Waals surface area contributed by atoms with Crippen LogP contribution in [0.15, 0.2) is 60.2 Å². The van der Waals surface area contributed by atoms with E-state index in [1.165, 1.54) is 24.3 Å².